The molecular weight excluding hydrogens is 631 g/mol. The number of aromatic nitrogens is 5. The van der Waals surface area contributed by atoms with E-state index in [1.165, 1.54) is 25.8 Å². The Kier molecular flexibility index (Phi) is 6.60. The summed E-state index contributed by atoms with van der Waals surface area (Å²) in [6.45, 7) is 0. The van der Waals surface area contributed by atoms with Crippen LogP contribution in [-0.4, -0.2) is 24.5 Å². The van der Waals surface area contributed by atoms with Crippen molar-refractivity contribution >= 4 is 53.4 Å². The van der Waals surface area contributed by atoms with Gasteiger partial charge in [-0.15, -0.1) is 11.3 Å². The molecule has 0 aliphatic rings. The Balaban J connectivity index is 1.26. The van der Waals surface area contributed by atoms with Gasteiger partial charge in [0, 0.05) is 48.8 Å². The van der Waals surface area contributed by atoms with E-state index >= 15 is 0 Å². The summed E-state index contributed by atoms with van der Waals surface area (Å²) in [5.74, 6) is 1.88. The van der Waals surface area contributed by atoms with Crippen LogP contribution in [0.5, 0.6) is 0 Å². The van der Waals surface area contributed by atoms with E-state index in [1.54, 1.807) is 0 Å². The fraction of sp³-hybridized carbons (Fsp3) is 0. The molecule has 0 saturated carbocycles. The normalized spacial score (nSPS) is 11.6. The lowest BCUT2D eigenvalue weighted by atomic mass is 10.0. The topological polar surface area (TPSA) is 56.5 Å². The second-order valence-electron chi connectivity index (χ2n) is 12.3. The molecule has 50 heavy (non-hydrogen) atoms. The second-order valence-corrected chi connectivity index (χ2v) is 13.3. The van der Waals surface area contributed by atoms with Gasteiger partial charge in [0.2, 0.25) is 0 Å². The minimum absolute atomic E-state index is 0.612. The van der Waals surface area contributed by atoms with Crippen LogP contribution in [0.3, 0.4) is 0 Å². The fourth-order valence-electron chi connectivity index (χ4n) is 6.93. The maximum absolute atomic E-state index is 5.47. The molecule has 4 aromatic heterocycles. The van der Waals surface area contributed by atoms with Crippen LogP contribution < -0.4 is 0 Å². The minimum Gasteiger partial charge on any atom is -0.308 e. The van der Waals surface area contributed by atoms with Gasteiger partial charge in [-0.2, -0.15) is 0 Å². The number of hydrogen-bond acceptors (Lipinski definition) is 5. The van der Waals surface area contributed by atoms with Crippen molar-refractivity contribution in [1.82, 2.24) is 24.5 Å². The van der Waals surface area contributed by atoms with Crippen molar-refractivity contribution in [3.8, 4) is 51.1 Å². The number of nitrogens with zero attached hydrogens (tertiary/aromatic N) is 5. The van der Waals surface area contributed by atoms with Gasteiger partial charge in [0.15, 0.2) is 17.5 Å². The fourth-order valence-corrected chi connectivity index (χ4v) is 8.28. The number of rotatable bonds is 5. The molecule has 10 aromatic rings. The molecule has 0 spiro atoms. The third-order valence-corrected chi connectivity index (χ3v) is 10.5. The summed E-state index contributed by atoms with van der Waals surface area (Å²) in [5, 5.41) is 3.51. The van der Waals surface area contributed by atoms with Crippen LogP contribution in [0, 0.1) is 0 Å². The zero-order valence-corrected chi connectivity index (χ0v) is 27.5. The SMILES string of the molecule is c1ccc(-c2nc(-c3ccccc3)nc(-c3ccc4c(c3)nc(-c3ccccc3)c3c4sc4c5ccccc5n(-c5ccccc5)c43)n2)cc1. The minimum atomic E-state index is 0.612. The van der Waals surface area contributed by atoms with Gasteiger partial charge in [0.1, 0.15) is 0 Å². The van der Waals surface area contributed by atoms with Crippen molar-refractivity contribution in [3.63, 3.8) is 0 Å². The van der Waals surface area contributed by atoms with Crippen LogP contribution >= 0.6 is 11.3 Å². The van der Waals surface area contributed by atoms with E-state index in [2.05, 4.69) is 108 Å². The van der Waals surface area contributed by atoms with Gasteiger partial charge in [-0.3, -0.25) is 0 Å². The smallest absolute Gasteiger partial charge is 0.164 e. The standard InChI is InChI=1S/C44H27N5S/c1-5-15-28(16-6-1)38-37-39-41(34-23-13-14-24-36(34)49(39)32-21-11-4-12-22-32)50-40(37)33-26-25-31(27-35(33)45-38)44-47-42(29-17-7-2-8-18-29)46-43(48-44)30-19-9-3-10-20-30/h1-27H. The number of pyridine rings is 1. The van der Waals surface area contributed by atoms with Gasteiger partial charge in [-0.05, 0) is 24.3 Å². The third-order valence-electron chi connectivity index (χ3n) is 9.23. The van der Waals surface area contributed by atoms with E-state index in [1.807, 2.05) is 72.0 Å². The van der Waals surface area contributed by atoms with E-state index in [9.17, 15) is 0 Å². The molecule has 0 radical (unpaired) electrons. The average Bonchev–Trinajstić information content (AvgIpc) is 3.74. The lowest BCUT2D eigenvalue weighted by molar-refractivity contribution is 1.07. The van der Waals surface area contributed by atoms with Gasteiger partial charge in [-0.1, -0.05) is 140 Å². The van der Waals surface area contributed by atoms with E-state index in [-0.39, 0.29) is 0 Å². The molecule has 0 aliphatic heterocycles. The molecule has 0 aliphatic carbocycles. The van der Waals surface area contributed by atoms with Crippen LogP contribution in [-0.2, 0) is 0 Å². The Hall–Kier alpha value is -6.50. The predicted octanol–water partition coefficient (Wildman–Crippen LogP) is 11.4. The van der Waals surface area contributed by atoms with Crippen molar-refractivity contribution in [2.45, 2.75) is 0 Å². The summed E-state index contributed by atoms with van der Waals surface area (Å²) in [7, 11) is 0. The first-order valence-corrected chi connectivity index (χ1v) is 17.4. The number of benzene rings is 6. The molecule has 0 fully saturated rings. The Bertz CT molecular complexity index is 2790. The van der Waals surface area contributed by atoms with E-state index in [0.717, 1.165) is 49.9 Å². The summed E-state index contributed by atoms with van der Waals surface area (Å²) in [5.41, 5.74) is 9.22. The first-order chi connectivity index (χ1) is 24.8. The van der Waals surface area contributed by atoms with Crippen LogP contribution in [0.2, 0.25) is 0 Å². The number of fused-ring (bicyclic) bond motifs is 7. The summed E-state index contributed by atoms with van der Waals surface area (Å²) in [6, 6.07) is 56.5. The summed E-state index contributed by atoms with van der Waals surface area (Å²) in [4.78, 5) is 20.4. The van der Waals surface area contributed by atoms with E-state index in [4.69, 9.17) is 19.9 Å². The lowest BCUT2D eigenvalue weighted by Gasteiger charge is -2.12. The quantitative estimate of drug-likeness (QED) is 0.185. The molecule has 0 atom stereocenters. The third kappa shape index (κ3) is 4.61. The zero-order chi connectivity index (χ0) is 33.0. The first-order valence-electron chi connectivity index (χ1n) is 16.6. The average molecular weight is 658 g/mol. The largest absolute Gasteiger partial charge is 0.308 e. The van der Waals surface area contributed by atoms with Gasteiger partial charge in [-0.25, -0.2) is 19.9 Å². The van der Waals surface area contributed by atoms with Gasteiger partial charge in [0.25, 0.3) is 0 Å². The highest BCUT2D eigenvalue weighted by Gasteiger charge is 2.23. The highest BCUT2D eigenvalue weighted by atomic mass is 32.1. The molecule has 4 heterocycles. The highest BCUT2D eigenvalue weighted by Crippen LogP contribution is 2.47. The van der Waals surface area contributed by atoms with E-state index in [0.29, 0.717) is 17.5 Å². The molecule has 5 nitrogen and oxygen atoms in total. The summed E-state index contributed by atoms with van der Waals surface area (Å²) in [6.07, 6.45) is 0. The Morgan fingerprint density at radius 3 is 1.60 bits per heavy atom. The maximum atomic E-state index is 5.47. The molecule has 234 valence electrons. The zero-order valence-electron chi connectivity index (χ0n) is 26.7. The second kappa shape index (κ2) is 11.6. The summed E-state index contributed by atoms with van der Waals surface area (Å²) >= 11 is 1.84. The van der Waals surface area contributed by atoms with E-state index < -0.39 is 0 Å². The summed E-state index contributed by atoms with van der Waals surface area (Å²) < 4.78 is 4.87. The number of para-hydroxylation sites is 2. The van der Waals surface area contributed by atoms with Crippen molar-refractivity contribution in [2.24, 2.45) is 0 Å². The molecule has 6 heteroatoms. The van der Waals surface area contributed by atoms with Crippen molar-refractivity contribution in [3.05, 3.63) is 164 Å². The molecule has 6 aromatic carbocycles. The molecule has 0 unspecified atom stereocenters. The number of hydrogen-bond donors (Lipinski definition) is 0. The monoisotopic (exact) mass is 657 g/mol. The Labute approximate surface area is 291 Å². The highest BCUT2D eigenvalue weighted by molar-refractivity contribution is 7.27. The lowest BCUT2D eigenvalue weighted by Crippen LogP contribution is -2.00. The number of thiophene rings is 1. The molecular formula is C44H27N5S. The predicted molar refractivity (Wildman–Crippen MR) is 207 cm³/mol. The van der Waals surface area contributed by atoms with Crippen LogP contribution in [0.4, 0.5) is 0 Å². The Morgan fingerprint density at radius 2 is 0.960 bits per heavy atom. The molecule has 0 saturated heterocycles. The van der Waals surface area contributed by atoms with Crippen LogP contribution in [0.1, 0.15) is 0 Å². The first kappa shape index (κ1) is 28.5. The molecule has 0 amide bonds. The molecule has 10 rings (SSSR count). The van der Waals surface area contributed by atoms with Crippen LogP contribution in [0.25, 0.3) is 93.2 Å². The molecule has 0 N–H and O–H groups in total. The maximum Gasteiger partial charge on any atom is 0.164 e. The van der Waals surface area contributed by atoms with Crippen molar-refractivity contribution in [1.29, 1.82) is 0 Å². The van der Waals surface area contributed by atoms with Gasteiger partial charge in [0.05, 0.1) is 26.9 Å². The van der Waals surface area contributed by atoms with Gasteiger partial charge >= 0.3 is 0 Å². The van der Waals surface area contributed by atoms with Crippen molar-refractivity contribution in [2.75, 3.05) is 0 Å². The van der Waals surface area contributed by atoms with Crippen molar-refractivity contribution < 1.29 is 0 Å². The van der Waals surface area contributed by atoms with Crippen LogP contribution in [0.15, 0.2) is 164 Å². The van der Waals surface area contributed by atoms with Gasteiger partial charge < -0.3 is 4.57 Å². The molecule has 0 bridgehead atoms. The Morgan fingerprint density at radius 1 is 0.420 bits per heavy atom.